The smallest absolute Gasteiger partial charge is 0.268 e. The fraction of sp³-hybridized carbons (Fsp3) is 0.333. The molecule has 0 spiro atoms. The van der Waals surface area contributed by atoms with E-state index in [0.29, 0.717) is 6.54 Å². The molecular formula is C6H9N7O2. The maximum absolute atomic E-state index is 10.4. The molecule has 1 rings (SSSR count). The normalized spacial score (nSPS) is 14.5. The van der Waals surface area contributed by atoms with Gasteiger partial charge in [0, 0.05) is 5.01 Å². The van der Waals surface area contributed by atoms with Crippen molar-refractivity contribution in [2.24, 2.45) is 10.9 Å². The van der Waals surface area contributed by atoms with E-state index in [9.17, 15) is 10.1 Å². The molecule has 0 atom stereocenters. The minimum atomic E-state index is -0.893. The van der Waals surface area contributed by atoms with Crippen LogP contribution in [0.15, 0.2) is 17.8 Å². The molecule has 2 N–H and O–H groups in total. The van der Waals surface area contributed by atoms with Crippen LogP contribution in [0.25, 0.3) is 0 Å². The molecule has 1 aliphatic heterocycles. The highest BCUT2D eigenvalue weighted by Crippen LogP contribution is 2.06. The van der Waals surface area contributed by atoms with Gasteiger partial charge in [-0.15, -0.1) is 11.7 Å². The Morgan fingerprint density at radius 1 is 1.93 bits per heavy atom. The SMILES string of the molecule is C=CCN1CN(N)C(N(C#N)[N+](=O)[O-])=N1. The van der Waals surface area contributed by atoms with Crippen LogP contribution in [-0.4, -0.2) is 39.2 Å². The van der Waals surface area contributed by atoms with E-state index in [-0.39, 0.29) is 17.6 Å². The molecule has 0 unspecified atom stereocenters. The van der Waals surface area contributed by atoms with Gasteiger partial charge in [-0.05, 0) is 0 Å². The van der Waals surface area contributed by atoms with Crippen LogP contribution in [0.3, 0.4) is 0 Å². The molecule has 0 aromatic carbocycles. The zero-order valence-electron chi connectivity index (χ0n) is 7.78. The highest BCUT2D eigenvalue weighted by Gasteiger charge is 2.32. The third-order valence-corrected chi connectivity index (χ3v) is 1.59. The van der Waals surface area contributed by atoms with Crippen LogP contribution in [0.5, 0.6) is 0 Å². The van der Waals surface area contributed by atoms with E-state index in [1.807, 2.05) is 0 Å². The van der Waals surface area contributed by atoms with Crippen LogP contribution < -0.4 is 5.84 Å². The van der Waals surface area contributed by atoms with Gasteiger partial charge in [0.1, 0.15) is 6.67 Å². The Balaban J connectivity index is 2.84. The van der Waals surface area contributed by atoms with Gasteiger partial charge < -0.3 is 0 Å². The molecule has 15 heavy (non-hydrogen) atoms. The molecule has 1 heterocycles. The van der Waals surface area contributed by atoms with Crippen molar-refractivity contribution in [3.05, 3.63) is 22.8 Å². The minimum Gasteiger partial charge on any atom is -0.268 e. The van der Waals surface area contributed by atoms with Crippen LogP contribution in [0.1, 0.15) is 0 Å². The Kier molecular flexibility index (Phi) is 3.04. The van der Waals surface area contributed by atoms with Crippen molar-refractivity contribution in [1.29, 1.82) is 5.26 Å². The largest absolute Gasteiger partial charge is 0.316 e. The van der Waals surface area contributed by atoms with Gasteiger partial charge in [0.05, 0.1) is 6.54 Å². The maximum atomic E-state index is 10.4. The summed E-state index contributed by atoms with van der Waals surface area (Å²) in [6, 6.07) is 0. The first kappa shape index (κ1) is 10.7. The summed E-state index contributed by atoms with van der Waals surface area (Å²) >= 11 is 0. The van der Waals surface area contributed by atoms with Gasteiger partial charge in [-0.3, -0.25) is 10.0 Å². The second-order valence-corrected chi connectivity index (χ2v) is 2.64. The lowest BCUT2D eigenvalue weighted by Crippen LogP contribution is -2.46. The summed E-state index contributed by atoms with van der Waals surface area (Å²) in [5, 5.41) is 24.5. The van der Waals surface area contributed by atoms with Crippen molar-refractivity contribution < 1.29 is 5.03 Å². The fourth-order valence-corrected chi connectivity index (χ4v) is 1.02. The van der Waals surface area contributed by atoms with E-state index in [1.165, 1.54) is 11.2 Å². The first-order valence-electron chi connectivity index (χ1n) is 3.91. The minimum absolute atomic E-state index is 0.174. The zero-order chi connectivity index (χ0) is 11.4. The van der Waals surface area contributed by atoms with Crippen LogP contribution in [0.4, 0.5) is 0 Å². The molecule has 80 valence electrons. The van der Waals surface area contributed by atoms with E-state index >= 15 is 0 Å². The number of hydrazone groups is 1. The van der Waals surface area contributed by atoms with Gasteiger partial charge in [-0.2, -0.15) is 5.26 Å². The summed E-state index contributed by atoms with van der Waals surface area (Å²) in [5.41, 5.74) is 0. The molecule has 0 aromatic heterocycles. The second-order valence-electron chi connectivity index (χ2n) is 2.64. The molecule has 9 nitrogen and oxygen atoms in total. The average molecular weight is 211 g/mol. The third-order valence-electron chi connectivity index (χ3n) is 1.59. The number of nitro groups is 1. The standard InChI is InChI=1S/C6H9N7O2/c1-2-3-10-5-11(8)6(9-10)12(4-7)13(14)15/h2H,1,3,5,8H2. The van der Waals surface area contributed by atoms with Crippen molar-refractivity contribution in [2.45, 2.75) is 0 Å². The number of nitriles is 1. The van der Waals surface area contributed by atoms with Crippen molar-refractivity contribution >= 4 is 5.96 Å². The Morgan fingerprint density at radius 3 is 3.07 bits per heavy atom. The molecule has 0 bridgehead atoms. The van der Waals surface area contributed by atoms with E-state index in [2.05, 4.69) is 11.7 Å². The number of guanidine groups is 1. The van der Waals surface area contributed by atoms with E-state index in [1.54, 1.807) is 6.08 Å². The zero-order valence-corrected chi connectivity index (χ0v) is 7.78. The molecule has 0 amide bonds. The molecule has 1 aliphatic rings. The van der Waals surface area contributed by atoms with Gasteiger partial charge in [0.2, 0.25) is 0 Å². The van der Waals surface area contributed by atoms with E-state index in [0.717, 1.165) is 5.01 Å². The molecular weight excluding hydrogens is 202 g/mol. The molecule has 9 heteroatoms. The molecule has 0 radical (unpaired) electrons. The quantitative estimate of drug-likeness (QED) is 0.157. The van der Waals surface area contributed by atoms with Crippen LogP contribution >= 0.6 is 0 Å². The van der Waals surface area contributed by atoms with Crippen molar-refractivity contribution in [2.75, 3.05) is 13.2 Å². The fourth-order valence-electron chi connectivity index (χ4n) is 1.02. The summed E-state index contributed by atoms with van der Waals surface area (Å²) in [7, 11) is 0. The van der Waals surface area contributed by atoms with Crippen molar-refractivity contribution in [1.82, 2.24) is 15.0 Å². The number of hydrogen-bond acceptors (Lipinski definition) is 7. The average Bonchev–Trinajstić information content (AvgIpc) is 2.49. The molecule has 0 saturated heterocycles. The first-order chi connectivity index (χ1) is 7.10. The second kappa shape index (κ2) is 4.25. The van der Waals surface area contributed by atoms with Gasteiger partial charge in [0.15, 0.2) is 5.03 Å². The number of nitrogens with two attached hydrogens (primary N) is 1. The van der Waals surface area contributed by atoms with Crippen LogP contribution in [-0.2, 0) is 0 Å². The number of nitrogens with zero attached hydrogens (tertiary/aromatic N) is 6. The Bertz CT molecular complexity index is 346. The van der Waals surface area contributed by atoms with Gasteiger partial charge in [-0.1, -0.05) is 6.08 Å². The topological polar surface area (TPSA) is 115 Å². The summed E-state index contributed by atoms with van der Waals surface area (Å²) in [5.74, 6) is 5.23. The molecule has 0 aliphatic carbocycles. The highest BCUT2D eigenvalue weighted by molar-refractivity contribution is 5.80. The van der Waals surface area contributed by atoms with Crippen molar-refractivity contribution in [3.63, 3.8) is 0 Å². The number of rotatable bonds is 3. The predicted molar refractivity (Wildman–Crippen MR) is 49.7 cm³/mol. The maximum Gasteiger partial charge on any atom is 0.316 e. The van der Waals surface area contributed by atoms with Crippen LogP contribution in [0.2, 0.25) is 0 Å². The Morgan fingerprint density at radius 2 is 2.60 bits per heavy atom. The predicted octanol–water partition coefficient (Wildman–Crippen LogP) is -1.13. The molecule has 0 fully saturated rings. The molecule has 0 aromatic rings. The number of hydrazine groups is 2. The lowest BCUT2D eigenvalue weighted by atomic mass is 10.6. The van der Waals surface area contributed by atoms with Gasteiger partial charge in [-0.25, -0.2) is 16.0 Å². The summed E-state index contributed by atoms with van der Waals surface area (Å²) in [6.07, 6.45) is 2.94. The summed E-state index contributed by atoms with van der Waals surface area (Å²) < 4.78 is 0. The van der Waals surface area contributed by atoms with Crippen LogP contribution in [0, 0.1) is 21.6 Å². The van der Waals surface area contributed by atoms with Gasteiger partial charge >= 0.3 is 5.96 Å². The number of hydrogen-bond donors (Lipinski definition) is 1. The summed E-state index contributed by atoms with van der Waals surface area (Å²) in [4.78, 5) is 10.4. The highest BCUT2D eigenvalue weighted by atomic mass is 16.7. The lowest BCUT2D eigenvalue weighted by molar-refractivity contribution is -0.612. The Labute approximate surface area is 85.3 Å². The van der Waals surface area contributed by atoms with E-state index < -0.39 is 5.03 Å². The third kappa shape index (κ3) is 2.12. The monoisotopic (exact) mass is 211 g/mol. The first-order valence-corrected chi connectivity index (χ1v) is 3.91. The Hall–Kier alpha value is -2.34. The molecule has 0 saturated carbocycles. The summed E-state index contributed by atoms with van der Waals surface area (Å²) in [6.45, 7) is 4.06. The lowest BCUT2D eigenvalue weighted by Gasteiger charge is -2.13. The van der Waals surface area contributed by atoms with Crippen molar-refractivity contribution in [3.8, 4) is 6.19 Å². The van der Waals surface area contributed by atoms with Gasteiger partial charge in [0.25, 0.3) is 6.19 Å². The van der Waals surface area contributed by atoms with E-state index in [4.69, 9.17) is 11.1 Å².